The van der Waals surface area contributed by atoms with Gasteiger partial charge in [0.2, 0.25) is 5.91 Å². The van der Waals surface area contributed by atoms with Crippen LogP contribution in [0, 0.1) is 5.92 Å². The molecule has 0 spiro atoms. The van der Waals surface area contributed by atoms with Crippen molar-refractivity contribution in [2.75, 3.05) is 31.1 Å². The number of anilines is 1. The molecule has 3 aromatic rings. The highest BCUT2D eigenvalue weighted by molar-refractivity contribution is 6.31. The summed E-state index contributed by atoms with van der Waals surface area (Å²) >= 11 is 6.43. The average molecular weight is 583 g/mol. The summed E-state index contributed by atoms with van der Waals surface area (Å²) in [5.74, 6) is -0.386. The number of rotatable bonds is 7. The van der Waals surface area contributed by atoms with Crippen molar-refractivity contribution < 1.29 is 23.5 Å². The lowest BCUT2D eigenvalue weighted by molar-refractivity contribution is -0.133. The van der Waals surface area contributed by atoms with Crippen LogP contribution in [0.15, 0.2) is 48.7 Å². The van der Waals surface area contributed by atoms with Gasteiger partial charge in [-0.3, -0.25) is 9.48 Å². The minimum atomic E-state index is -2.94. The summed E-state index contributed by atoms with van der Waals surface area (Å²) < 4.78 is 29.0. The number of hydrogen-bond donors (Lipinski definition) is 1. The summed E-state index contributed by atoms with van der Waals surface area (Å²) in [6.07, 6.45) is 3.45. The first-order valence-corrected chi connectivity index (χ1v) is 14.7. The van der Waals surface area contributed by atoms with Crippen LogP contribution in [-0.2, 0) is 4.79 Å². The molecule has 7 nitrogen and oxygen atoms in total. The Morgan fingerprint density at radius 1 is 0.976 bits per heavy atom. The lowest BCUT2D eigenvalue weighted by Gasteiger charge is -2.36. The lowest BCUT2D eigenvalue weighted by Crippen LogP contribution is -2.38. The molecule has 6 rings (SSSR count). The highest BCUT2D eigenvalue weighted by atomic mass is 35.5. The van der Waals surface area contributed by atoms with Crippen molar-refractivity contribution >= 4 is 29.2 Å². The summed E-state index contributed by atoms with van der Waals surface area (Å²) in [5.41, 5.74) is 3.20. The SMILES string of the molecule is O=C(O)c1cnn(C2CCCN(c3cc(Cl)ccc3-c3ccc(C4CCN(C(=O)C5CC5)CC4)cc3)C2)c1C(F)F. The van der Waals surface area contributed by atoms with Gasteiger partial charge in [-0.25, -0.2) is 13.6 Å². The molecule has 1 unspecified atom stereocenters. The van der Waals surface area contributed by atoms with Crippen molar-refractivity contribution in [3.63, 3.8) is 0 Å². The van der Waals surface area contributed by atoms with E-state index in [1.165, 1.54) is 10.2 Å². The quantitative estimate of drug-likeness (QED) is 0.332. The molecule has 1 amide bonds. The topological polar surface area (TPSA) is 78.7 Å². The van der Waals surface area contributed by atoms with Crippen molar-refractivity contribution in [1.82, 2.24) is 14.7 Å². The lowest BCUT2D eigenvalue weighted by atomic mass is 9.88. The van der Waals surface area contributed by atoms with Crippen LogP contribution in [0.4, 0.5) is 14.5 Å². The monoisotopic (exact) mass is 582 g/mol. The van der Waals surface area contributed by atoms with Crippen LogP contribution in [0.5, 0.6) is 0 Å². The molecule has 0 bridgehead atoms. The van der Waals surface area contributed by atoms with Crippen molar-refractivity contribution in [2.24, 2.45) is 5.92 Å². The number of aromatic carboxylic acids is 1. The third-order valence-electron chi connectivity index (χ3n) is 8.74. The maximum atomic E-state index is 13.9. The van der Waals surface area contributed by atoms with Gasteiger partial charge < -0.3 is 14.9 Å². The Bertz CT molecular complexity index is 1430. The van der Waals surface area contributed by atoms with Crippen molar-refractivity contribution in [2.45, 2.75) is 56.9 Å². The molecule has 3 heterocycles. The number of hydrogen-bond acceptors (Lipinski definition) is 4. The van der Waals surface area contributed by atoms with E-state index < -0.39 is 29.7 Å². The van der Waals surface area contributed by atoms with Crippen LogP contribution < -0.4 is 4.90 Å². The Balaban J connectivity index is 1.20. The van der Waals surface area contributed by atoms with E-state index in [-0.39, 0.29) is 5.92 Å². The number of alkyl halides is 2. The van der Waals surface area contributed by atoms with E-state index in [0.717, 1.165) is 74.7 Å². The molecule has 1 atom stereocenters. The molecule has 1 aromatic heterocycles. The standard InChI is InChI=1S/C31H33ClF2N4O3/c32-23-9-10-25(21-5-3-19(4-6-21)20-11-14-36(15-12-20)30(39)22-7-8-22)27(16-23)37-13-1-2-24(18-37)38-28(29(33)34)26(17-35-38)31(40)41/h3-6,9-10,16-17,20,22,24,29H,1-2,7-8,11-15,18H2,(H,40,41). The maximum Gasteiger partial charge on any atom is 0.339 e. The Morgan fingerprint density at radius 3 is 2.37 bits per heavy atom. The zero-order valence-electron chi connectivity index (χ0n) is 22.7. The molecule has 2 aromatic carbocycles. The van der Waals surface area contributed by atoms with E-state index in [4.69, 9.17) is 11.6 Å². The molecule has 1 saturated carbocycles. The van der Waals surface area contributed by atoms with Crippen LogP contribution in [0.1, 0.15) is 78.5 Å². The van der Waals surface area contributed by atoms with Crippen LogP contribution in [0.2, 0.25) is 5.02 Å². The zero-order valence-corrected chi connectivity index (χ0v) is 23.4. The predicted octanol–water partition coefficient (Wildman–Crippen LogP) is 6.80. The molecule has 1 N–H and O–H groups in total. The number of amides is 1. The van der Waals surface area contributed by atoms with Gasteiger partial charge >= 0.3 is 5.97 Å². The van der Waals surface area contributed by atoms with Gasteiger partial charge in [-0.1, -0.05) is 41.9 Å². The highest BCUT2D eigenvalue weighted by Gasteiger charge is 2.35. The third kappa shape index (κ3) is 5.69. The smallest absolute Gasteiger partial charge is 0.339 e. The number of benzene rings is 2. The Kier molecular flexibility index (Phi) is 7.72. The molecule has 10 heteroatoms. The first-order valence-electron chi connectivity index (χ1n) is 14.3. The number of carboxylic acid groups (broad SMARTS) is 1. The molecule has 1 aliphatic carbocycles. The van der Waals surface area contributed by atoms with Gasteiger partial charge in [0.1, 0.15) is 11.3 Å². The molecule has 3 fully saturated rings. The van der Waals surface area contributed by atoms with E-state index in [1.807, 2.05) is 23.1 Å². The highest BCUT2D eigenvalue weighted by Crippen LogP contribution is 2.39. The van der Waals surface area contributed by atoms with E-state index in [9.17, 15) is 23.5 Å². The predicted molar refractivity (Wildman–Crippen MR) is 153 cm³/mol. The Hall–Kier alpha value is -3.46. The second-order valence-electron chi connectivity index (χ2n) is 11.4. The number of carbonyl (C=O) groups is 2. The van der Waals surface area contributed by atoms with E-state index in [1.54, 1.807) is 0 Å². The van der Waals surface area contributed by atoms with E-state index in [2.05, 4.69) is 34.3 Å². The van der Waals surface area contributed by atoms with Gasteiger partial charge in [-0.15, -0.1) is 0 Å². The fraction of sp³-hybridized carbons (Fsp3) is 0.452. The second kappa shape index (κ2) is 11.4. The largest absolute Gasteiger partial charge is 0.478 e. The number of halogens is 3. The van der Waals surface area contributed by atoms with Crippen molar-refractivity contribution in [1.29, 1.82) is 0 Å². The normalized spacial score (nSPS) is 20.0. The fourth-order valence-corrected chi connectivity index (χ4v) is 6.55. The van der Waals surface area contributed by atoms with Gasteiger partial charge in [0.15, 0.2) is 0 Å². The van der Waals surface area contributed by atoms with Crippen molar-refractivity contribution in [3.05, 3.63) is 70.5 Å². The number of carbonyl (C=O) groups excluding carboxylic acids is 1. The summed E-state index contributed by atoms with van der Waals surface area (Å²) in [5, 5.41) is 14.0. The Labute approximate surface area is 242 Å². The third-order valence-corrected chi connectivity index (χ3v) is 8.98. The number of nitrogens with zero attached hydrogens (tertiary/aromatic N) is 4. The van der Waals surface area contributed by atoms with E-state index >= 15 is 0 Å². The summed E-state index contributed by atoms with van der Waals surface area (Å²) in [4.78, 5) is 28.1. The van der Waals surface area contributed by atoms with Crippen LogP contribution in [-0.4, -0.2) is 57.8 Å². The summed E-state index contributed by atoms with van der Waals surface area (Å²) in [7, 11) is 0. The van der Waals surface area contributed by atoms with Gasteiger partial charge in [-0.05, 0) is 67.7 Å². The van der Waals surface area contributed by atoms with Crippen LogP contribution in [0.25, 0.3) is 11.1 Å². The number of carboxylic acids is 1. The van der Waals surface area contributed by atoms with Crippen LogP contribution >= 0.6 is 11.6 Å². The summed E-state index contributed by atoms with van der Waals surface area (Å²) in [6, 6.07) is 13.9. The van der Waals surface area contributed by atoms with Gasteiger partial charge in [0.05, 0.1) is 12.2 Å². The Morgan fingerprint density at radius 2 is 1.71 bits per heavy atom. The number of likely N-dealkylation sites (tertiary alicyclic amines) is 1. The van der Waals surface area contributed by atoms with Gasteiger partial charge in [-0.2, -0.15) is 5.10 Å². The number of aromatic nitrogens is 2. The molecule has 2 aliphatic heterocycles. The average Bonchev–Trinajstić information content (AvgIpc) is 3.74. The first-order chi connectivity index (χ1) is 19.8. The minimum absolute atomic E-state index is 0.266. The van der Waals surface area contributed by atoms with Crippen molar-refractivity contribution in [3.8, 4) is 11.1 Å². The van der Waals surface area contributed by atoms with E-state index in [0.29, 0.717) is 29.8 Å². The molecular weight excluding hydrogens is 550 g/mol. The minimum Gasteiger partial charge on any atom is -0.478 e. The van der Waals surface area contributed by atoms with Gasteiger partial charge in [0.25, 0.3) is 6.43 Å². The molecule has 2 saturated heterocycles. The zero-order chi connectivity index (χ0) is 28.7. The van der Waals surface area contributed by atoms with Gasteiger partial charge in [0, 0.05) is 48.4 Å². The fourth-order valence-electron chi connectivity index (χ4n) is 6.39. The molecule has 216 valence electrons. The first kappa shape index (κ1) is 27.7. The summed E-state index contributed by atoms with van der Waals surface area (Å²) in [6.45, 7) is 2.76. The van der Waals surface area contributed by atoms with Crippen LogP contribution in [0.3, 0.4) is 0 Å². The molecule has 3 aliphatic rings. The molecule has 41 heavy (non-hydrogen) atoms. The molecular formula is C31H33ClF2N4O3. The molecule has 0 radical (unpaired) electrons. The number of piperidine rings is 2. The maximum absolute atomic E-state index is 13.9. The second-order valence-corrected chi connectivity index (χ2v) is 11.8.